The van der Waals surface area contributed by atoms with E-state index in [4.69, 9.17) is 0 Å². The summed E-state index contributed by atoms with van der Waals surface area (Å²) in [5.74, 6) is 0. The second-order valence-electron chi connectivity index (χ2n) is 6.45. The lowest BCUT2D eigenvalue weighted by molar-refractivity contribution is 0.475. The van der Waals surface area contributed by atoms with Crippen molar-refractivity contribution < 1.29 is 0 Å². The lowest BCUT2D eigenvalue weighted by Crippen LogP contribution is -2.17. The molecular weight excluding hydrogens is 266 g/mol. The van der Waals surface area contributed by atoms with Gasteiger partial charge in [0.05, 0.1) is 0 Å². The Morgan fingerprint density at radius 3 is 2.82 bits per heavy atom. The van der Waals surface area contributed by atoms with E-state index in [1.165, 1.54) is 22.3 Å². The van der Waals surface area contributed by atoms with E-state index in [9.17, 15) is 0 Å². The quantitative estimate of drug-likeness (QED) is 0.770. The monoisotopic (exact) mass is 293 g/mol. The number of hydrogen-bond donors (Lipinski definition) is 1. The fraction of sp³-hybridized carbons (Fsp3) is 0.333. The Balaban J connectivity index is 2.36. The van der Waals surface area contributed by atoms with E-state index in [1.807, 2.05) is 7.05 Å². The molecule has 0 bridgehead atoms. The average Bonchev–Trinajstić information content (AvgIpc) is 2.49. The summed E-state index contributed by atoms with van der Waals surface area (Å²) in [6.07, 6.45) is 11.2. The van der Waals surface area contributed by atoms with E-state index in [0.717, 1.165) is 25.0 Å². The summed E-state index contributed by atoms with van der Waals surface area (Å²) in [5.41, 5.74) is 6.10. The van der Waals surface area contributed by atoms with Gasteiger partial charge in [0.15, 0.2) is 0 Å². The van der Waals surface area contributed by atoms with Crippen molar-refractivity contribution in [1.82, 2.24) is 5.32 Å². The lowest BCUT2D eigenvalue weighted by atomic mass is 9.75. The average molecular weight is 293 g/mol. The van der Waals surface area contributed by atoms with Crippen molar-refractivity contribution in [2.45, 2.75) is 33.2 Å². The predicted octanol–water partition coefficient (Wildman–Crippen LogP) is 5.36. The molecule has 0 radical (unpaired) electrons. The molecule has 1 unspecified atom stereocenters. The molecule has 22 heavy (non-hydrogen) atoms. The first-order chi connectivity index (χ1) is 10.5. The zero-order valence-electron chi connectivity index (χ0n) is 14.1. The molecule has 1 aliphatic rings. The number of hydrogen-bond acceptors (Lipinski definition) is 1. The highest BCUT2D eigenvalue weighted by Crippen LogP contribution is 2.38. The highest BCUT2D eigenvalue weighted by molar-refractivity contribution is 5.72. The van der Waals surface area contributed by atoms with Gasteiger partial charge in [0.2, 0.25) is 0 Å². The molecule has 0 spiro atoms. The van der Waals surface area contributed by atoms with Crippen LogP contribution in [-0.2, 0) is 6.54 Å². The van der Waals surface area contributed by atoms with Crippen LogP contribution in [0.3, 0.4) is 0 Å². The molecule has 0 saturated carbocycles. The molecule has 0 aromatic heterocycles. The lowest BCUT2D eigenvalue weighted by Gasteiger charge is -2.29. The van der Waals surface area contributed by atoms with Crippen molar-refractivity contribution in [1.29, 1.82) is 0 Å². The van der Waals surface area contributed by atoms with Crippen molar-refractivity contribution in [2.75, 3.05) is 7.05 Å². The van der Waals surface area contributed by atoms with Gasteiger partial charge in [-0.05, 0) is 55.1 Å². The first-order valence-corrected chi connectivity index (χ1v) is 7.95. The van der Waals surface area contributed by atoms with Crippen LogP contribution in [0.15, 0.2) is 55.2 Å². The van der Waals surface area contributed by atoms with Crippen LogP contribution >= 0.6 is 0 Å². The van der Waals surface area contributed by atoms with Crippen LogP contribution in [0.5, 0.6) is 0 Å². The molecule has 116 valence electrons. The number of nitrogens with one attached hydrogen (secondary N) is 1. The Kier molecular flexibility index (Phi) is 5.20. The normalized spacial score (nSPS) is 21.5. The third kappa shape index (κ3) is 3.66. The maximum Gasteiger partial charge on any atom is 0.0202 e. The smallest absolute Gasteiger partial charge is 0.0202 e. The summed E-state index contributed by atoms with van der Waals surface area (Å²) >= 11 is 0. The van der Waals surface area contributed by atoms with Crippen LogP contribution in [0.25, 0.3) is 11.6 Å². The molecule has 0 aliphatic heterocycles. The van der Waals surface area contributed by atoms with Crippen molar-refractivity contribution in [2.24, 2.45) is 5.41 Å². The predicted molar refractivity (Wildman–Crippen MR) is 98.6 cm³/mol. The number of benzene rings is 1. The van der Waals surface area contributed by atoms with Crippen LogP contribution in [0.4, 0.5) is 0 Å². The Hall–Kier alpha value is -1.86. The standard InChI is InChI=1S/C21H27N/c1-16(2)20-10-9-18(15-22-5)14-19(20)11-13-21(4)12-7-6-8-17(21)3/h6,8-11,13-14,22H,1,3,7,12,15H2,2,4-5H3/b13-11+. The second kappa shape index (κ2) is 6.93. The van der Waals surface area contributed by atoms with E-state index in [1.54, 1.807) is 0 Å². The molecular formula is C21H27N. The molecule has 1 aliphatic carbocycles. The van der Waals surface area contributed by atoms with Crippen molar-refractivity contribution in [3.8, 4) is 0 Å². The topological polar surface area (TPSA) is 12.0 Å². The Labute approximate surface area is 135 Å². The molecule has 1 aromatic rings. The Bertz CT molecular complexity index is 633. The van der Waals surface area contributed by atoms with Gasteiger partial charge in [-0.2, -0.15) is 0 Å². The van der Waals surface area contributed by atoms with Gasteiger partial charge in [-0.1, -0.05) is 62.1 Å². The van der Waals surface area contributed by atoms with E-state index >= 15 is 0 Å². The number of rotatable bonds is 5. The third-order valence-corrected chi connectivity index (χ3v) is 4.47. The molecule has 1 atom stereocenters. The summed E-state index contributed by atoms with van der Waals surface area (Å²) in [6.45, 7) is 13.5. The molecule has 0 saturated heterocycles. The summed E-state index contributed by atoms with van der Waals surface area (Å²) < 4.78 is 0. The minimum absolute atomic E-state index is 0.0557. The maximum absolute atomic E-state index is 4.22. The van der Waals surface area contributed by atoms with E-state index < -0.39 is 0 Å². The molecule has 1 aromatic carbocycles. The SMILES string of the molecule is C=C(C)c1ccc(CNC)cc1/C=C/C1(C)CCC=CC1=C. The summed E-state index contributed by atoms with van der Waals surface area (Å²) in [5, 5.41) is 3.21. The second-order valence-corrected chi connectivity index (χ2v) is 6.45. The van der Waals surface area contributed by atoms with Crippen molar-refractivity contribution in [3.05, 3.63) is 71.8 Å². The summed E-state index contributed by atoms with van der Waals surface area (Å²) in [4.78, 5) is 0. The van der Waals surface area contributed by atoms with Crippen LogP contribution in [-0.4, -0.2) is 7.05 Å². The zero-order chi connectivity index (χ0) is 16.2. The molecule has 0 heterocycles. The van der Waals surface area contributed by atoms with E-state index in [0.29, 0.717) is 0 Å². The number of allylic oxidation sites excluding steroid dienone is 5. The van der Waals surface area contributed by atoms with Gasteiger partial charge in [0.1, 0.15) is 0 Å². The van der Waals surface area contributed by atoms with E-state index in [-0.39, 0.29) is 5.41 Å². The maximum atomic E-state index is 4.22. The van der Waals surface area contributed by atoms with Crippen LogP contribution < -0.4 is 5.32 Å². The molecule has 0 amide bonds. The molecule has 0 fully saturated rings. The Morgan fingerprint density at radius 2 is 2.18 bits per heavy atom. The summed E-state index contributed by atoms with van der Waals surface area (Å²) in [6, 6.07) is 6.59. The van der Waals surface area contributed by atoms with Gasteiger partial charge in [-0.3, -0.25) is 0 Å². The fourth-order valence-electron chi connectivity index (χ4n) is 2.88. The van der Waals surface area contributed by atoms with E-state index in [2.05, 4.69) is 74.8 Å². The fourth-order valence-corrected chi connectivity index (χ4v) is 2.88. The van der Waals surface area contributed by atoms with Gasteiger partial charge in [0.25, 0.3) is 0 Å². The first-order valence-electron chi connectivity index (χ1n) is 7.95. The van der Waals surface area contributed by atoms with Crippen LogP contribution in [0, 0.1) is 5.41 Å². The van der Waals surface area contributed by atoms with Gasteiger partial charge in [-0.25, -0.2) is 0 Å². The van der Waals surface area contributed by atoms with Gasteiger partial charge in [0, 0.05) is 12.0 Å². The minimum atomic E-state index is 0.0557. The highest BCUT2D eigenvalue weighted by atomic mass is 14.8. The highest BCUT2D eigenvalue weighted by Gasteiger charge is 2.24. The van der Waals surface area contributed by atoms with Gasteiger partial charge >= 0.3 is 0 Å². The largest absolute Gasteiger partial charge is 0.316 e. The molecule has 1 nitrogen and oxygen atoms in total. The van der Waals surface area contributed by atoms with Crippen LogP contribution in [0.2, 0.25) is 0 Å². The Morgan fingerprint density at radius 1 is 1.41 bits per heavy atom. The molecule has 1 heteroatoms. The van der Waals surface area contributed by atoms with Gasteiger partial charge in [-0.15, -0.1) is 0 Å². The third-order valence-electron chi connectivity index (χ3n) is 4.47. The van der Waals surface area contributed by atoms with Crippen LogP contribution in [0.1, 0.15) is 43.4 Å². The molecule has 1 N–H and O–H groups in total. The van der Waals surface area contributed by atoms with Crippen molar-refractivity contribution >= 4 is 11.6 Å². The first kappa shape index (κ1) is 16.5. The summed E-state index contributed by atoms with van der Waals surface area (Å²) in [7, 11) is 1.97. The minimum Gasteiger partial charge on any atom is -0.316 e. The van der Waals surface area contributed by atoms with Crippen molar-refractivity contribution in [3.63, 3.8) is 0 Å². The zero-order valence-corrected chi connectivity index (χ0v) is 14.1. The van der Waals surface area contributed by atoms with Gasteiger partial charge < -0.3 is 5.32 Å². The molecule has 2 rings (SSSR count).